The lowest BCUT2D eigenvalue weighted by molar-refractivity contribution is -0.123. The van der Waals surface area contributed by atoms with Crippen LogP contribution >= 0.6 is 0 Å². The highest BCUT2D eigenvalue weighted by molar-refractivity contribution is 5.82. The van der Waals surface area contributed by atoms with Crippen LogP contribution in [0.1, 0.15) is 38.9 Å². The number of hydrogen-bond donors (Lipinski definition) is 0. The Labute approximate surface area is 115 Å². The van der Waals surface area contributed by atoms with E-state index in [0.29, 0.717) is 18.1 Å². The number of aromatic nitrogens is 2. The summed E-state index contributed by atoms with van der Waals surface area (Å²) in [7, 11) is 0. The zero-order chi connectivity index (χ0) is 13.8. The molecule has 0 bridgehead atoms. The molecule has 104 valence electrons. The van der Waals surface area contributed by atoms with Gasteiger partial charge in [-0.2, -0.15) is 0 Å². The van der Waals surface area contributed by atoms with Gasteiger partial charge in [-0.3, -0.25) is 4.79 Å². The number of anilines is 1. The summed E-state index contributed by atoms with van der Waals surface area (Å²) in [6, 6.07) is 1.93. The van der Waals surface area contributed by atoms with Crippen molar-refractivity contribution in [2.24, 2.45) is 11.8 Å². The third kappa shape index (κ3) is 3.75. The topological polar surface area (TPSA) is 46.1 Å². The van der Waals surface area contributed by atoms with E-state index >= 15 is 0 Å². The van der Waals surface area contributed by atoms with E-state index in [1.807, 2.05) is 13.0 Å². The van der Waals surface area contributed by atoms with E-state index in [1.165, 1.54) is 0 Å². The molecule has 1 aliphatic heterocycles. The van der Waals surface area contributed by atoms with Crippen LogP contribution < -0.4 is 4.90 Å². The van der Waals surface area contributed by atoms with Crippen molar-refractivity contribution in [1.82, 2.24) is 9.97 Å². The highest BCUT2D eigenvalue weighted by atomic mass is 16.1. The fourth-order valence-corrected chi connectivity index (χ4v) is 2.64. The van der Waals surface area contributed by atoms with Crippen molar-refractivity contribution < 1.29 is 4.79 Å². The molecule has 0 radical (unpaired) electrons. The van der Waals surface area contributed by atoms with Gasteiger partial charge < -0.3 is 4.90 Å². The van der Waals surface area contributed by atoms with Crippen molar-refractivity contribution >= 4 is 11.6 Å². The zero-order valence-electron chi connectivity index (χ0n) is 12.1. The van der Waals surface area contributed by atoms with Gasteiger partial charge in [0, 0.05) is 31.6 Å². The minimum atomic E-state index is 0.173. The molecule has 0 spiro atoms. The molecule has 1 aromatic heterocycles. The van der Waals surface area contributed by atoms with Gasteiger partial charge >= 0.3 is 0 Å². The molecule has 2 rings (SSSR count). The predicted molar refractivity (Wildman–Crippen MR) is 76.2 cm³/mol. The number of nitrogens with zero attached hydrogens (tertiary/aromatic N) is 3. The summed E-state index contributed by atoms with van der Waals surface area (Å²) in [5.74, 6) is 2.77. The first-order chi connectivity index (χ1) is 9.06. The van der Waals surface area contributed by atoms with Crippen molar-refractivity contribution in [3.05, 3.63) is 18.1 Å². The van der Waals surface area contributed by atoms with Gasteiger partial charge in [0.15, 0.2) is 0 Å². The fourth-order valence-electron chi connectivity index (χ4n) is 2.64. The zero-order valence-corrected chi connectivity index (χ0v) is 12.1. The lowest BCUT2D eigenvalue weighted by atomic mass is 9.89. The first-order valence-corrected chi connectivity index (χ1v) is 7.13. The van der Waals surface area contributed by atoms with Crippen molar-refractivity contribution in [3.63, 3.8) is 0 Å². The molecule has 4 nitrogen and oxygen atoms in total. The van der Waals surface area contributed by atoms with E-state index in [-0.39, 0.29) is 5.92 Å². The highest BCUT2D eigenvalue weighted by Crippen LogP contribution is 2.23. The summed E-state index contributed by atoms with van der Waals surface area (Å²) < 4.78 is 0. The lowest BCUT2D eigenvalue weighted by Gasteiger charge is -2.33. The lowest BCUT2D eigenvalue weighted by Crippen LogP contribution is -2.39. The van der Waals surface area contributed by atoms with Crippen LogP contribution in [-0.2, 0) is 4.79 Å². The van der Waals surface area contributed by atoms with E-state index in [0.717, 1.165) is 37.6 Å². The summed E-state index contributed by atoms with van der Waals surface area (Å²) in [4.78, 5) is 23.0. The summed E-state index contributed by atoms with van der Waals surface area (Å²) in [5, 5.41) is 0. The Balaban J connectivity index is 2.03. The van der Waals surface area contributed by atoms with E-state index in [9.17, 15) is 4.79 Å². The van der Waals surface area contributed by atoms with Gasteiger partial charge in [0.1, 0.15) is 17.4 Å². The average molecular weight is 261 g/mol. The number of piperidine rings is 1. The van der Waals surface area contributed by atoms with Crippen LogP contribution in [0.2, 0.25) is 0 Å². The molecule has 0 aliphatic carbocycles. The third-order valence-electron chi connectivity index (χ3n) is 3.57. The molecule has 1 unspecified atom stereocenters. The summed E-state index contributed by atoms with van der Waals surface area (Å²) in [5.41, 5.74) is 0. The summed E-state index contributed by atoms with van der Waals surface area (Å²) >= 11 is 0. The van der Waals surface area contributed by atoms with E-state index in [4.69, 9.17) is 0 Å². The summed E-state index contributed by atoms with van der Waals surface area (Å²) in [6.07, 6.45) is 4.57. The van der Waals surface area contributed by atoms with Gasteiger partial charge in [0.25, 0.3) is 0 Å². The quantitative estimate of drug-likeness (QED) is 0.836. The second-order valence-electron chi connectivity index (χ2n) is 5.81. The van der Waals surface area contributed by atoms with E-state index in [2.05, 4.69) is 28.7 Å². The minimum absolute atomic E-state index is 0.173. The standard InChI is InChI=1S/C15H23N3O/c1-11(2)9-14(19)13-5-4-8-18(10-13)15-6-7-16-12(3)17-15/h6-7,11,13H,4-5,8-10H2,1-3H3. The molecule has 1 saturated heterocycles. The molecule has 0 N–H and O–H groups in total. The van der Waals surface area contributed by atoms with Crippen LogP contribution in [0.15, 0.2) is 12.3 Å². The molecule has 19 heavy (non-hydrogen) atoms. The number of rotatable bonds is 4. The molecule has 1 atom stereocenters. The largest absolute Gasteiger partial charge is 0.356 e. The first-order valence-electron chi connectivity index (χ1n) is 7.13. The number of Topliss-reactive ketones (excluding diaryl/α,β-unsaturated/α-hetero) is 1. The van der Waals surface area contributed by atoms with Gasteiger partial charge in [-0.15, -0.1) is 0 Å². The smallest absolute Gasteiger partial charge is 0.137 e. The van der Waals surface area contributed by atoms with Crippen LogP contribution in [0.3, 0.4) is 0 Å². The number of hydrogen-bond acceptors (Lipinski definition) is 4. The summed E-state index contributed by atoms with van der Waals surface area (Å²) in [6.45, 7) is 7.90. The maximum atomic E-state index is 12.2. The van der Waals surface area contributed by atoms with Crippen LogP contribution in [0, 0.1) is 18.8 Å². The molecule has 1 fully saturated rings. The van der Waals surface area contributed by atoms with Crippen LogP contribution in [0.25, 0.3) is 0 Å². The van der Waals surface area contributed by atoms with Crippen LogP contribution in [0.5, 0.6) is 0 Å². The molecule has 1 aliphatic rings. The number of carbonyl (C=O) groups excluding carboxylic acids is 1. The van der Waals surface area contributed by atoms with E-state index in [1.54, 1.807) is 6.20 Å². The van der Waals surface area contributed by atoms with Crippen LogP contribution in [0.4, 0.5) is 5.82 Å². The molecule has 4 heteroatoms. The van der Waals surface area contributed by atoms with Gasteiger partial charge in [-0.25, -0.2) is 9.97 Å². The third-order valence-corrected chi connectivity index (χ3v) is 3.57. The van der Waals surface area contributed by atoms with Crippen molar-refractivity contribution in [3.8, 4) is 0 Å². The van der Waals surface area contributed by atoms with Crippen molar-refractivity contribution in [1.29, 1.82) is 0 Å². The Kier molecular flexibility index (Phi) is 4.51. The Morgan fingerprint density at radius 1 is 1.53 bits per heavy atom. The Morgan fingerprint density at radius 3 is 3.00 bits per heavy atom. The maximum Gasteiger partial charge on any atom is 0.137 e. The minimum Gasteiger partial charge on any atom is -0.356 e. The molecule has 0 saturated carbocycles. The van der Waals surface area contributed by atoms with Gasteiger partial charge in [-0.1, -0.05) is 13.8 Å². The molecule has 2 heterocycles. The molecule has 0 aromatic carbocycles. The second-order valence-corrected chi connectivity index (χ2v) is 5.81. The fraction of sp³-hybridized carbons (Fsp3) is 0.667. The molecular weight excluding hydrogens is 238 g/mol. The number of carbonyl (C=O) groups is 1. The number of aryl methyl sites for hydroxylation is 1. The normalized spacial score (nSPS) is 19.8. The monoisotopic (exact) mass is 261 g/mol. The van der Waals surface area contributed by atoms with Crippen LogP contribution in [-0.4, -0.2) is 28.8 Å². The molecule has 1 aromatic rings. The molecular formula is C15H23N3O. The maximum absolute atomic E-state index is 12.2. The SMILES string of the molecule is Cc1nccc(N2CCCC(C(=O)CC(C)C)C2)n1. The first kappa shape index (κ1) is 14.0. The van der Waals surface area contributed by atoms with Gasteiger partial charge in [0.05, 0.1) is 0 Å². The van der Waals surface area contributed by atoms with Crippen molar-refractivity contribution in [2.45, 2.75) is 40.0 Å². The molecule has 0 amide bonds. The Morgan fingerprint density at radius 2 is 2.32 bits per heavy atom. The number of ketones is 1. The highest BCUT2D eigenvalue weighted by Gasteiger charge is 2.26. The van der Waals surface area contributed by atoms with Gasteiger partial charge in [-0.05, 0) is 31.7 Å². The van der Waals surface area contributed by atoms with Crippen molar-refractivity contribution in [2.75, 3.05) is 18.0 Å². The second kappa shape index (κ2) is 6.13. The van der Waals surface area contributed by atoms with Gasteiger partial charge in [0.2, 0.25) is 0 Å². The Hall–Kier alpha value is -1.45. The average Bonchev–Trinajstić information content (AvgIpc) is 2.38. The Bertz CT molecular complexity index is 445. The van der Waals surface area contributed by atoms with E-state index < -0.39 is 0 Å². The predicted octanol–water partition coefficient (Wildman–Crippen LogP) is 2.62.